The Labute approximate surface area is 248 Å². The van der Waals surface area contributed by atoms with Crippen LogP contribution in [0.25, 0.3) is 5.57 Å². The summed E-state index contributed by atoms with van der Waals surface area (Å²) in [5, 5.41) is 3.25. The number of amides is 2. The number of halogens is 4. The average molecular weight is 597 g/mol. The summed E-state index contributed by atoms with van der Waals surface area (Å²) in [4.78, 5) is 30.9. The summed E-state index contributed by atoms with van der Waals surface area (Å²) in [5.41, 5.74) is 1.23. The molecule has 0 radical (unpaired) electrons. The smallest absolute Gasteiger partial charge is 0.335 e. The molecule has 10 heteroatoms. The maximum atomic E-state index is 14.6. The second-order valence-electron chi connectivity index (χ2n) is 11.0. The zero-order valence-electron chi connectivity index (χ0n) is 23.2. The Hall–Kier alpha value is -3.82. The lowest BCUT2D eigenvalue weighted by Gasteiger charge is -2.38. The number of aromatic nitrogens is 1. The standard InChI is InChI=1S/C32H31F3N4O2.ClH/c1-31(32(33,34)35)19-23(11-13-26(31)22-7-3-2-4-8-22)29(40)39-21-25-12-14-28(30(41)37-17-15-36-16-18-37)38(25)20-24-9-5-6-10-27(24)39;/h2-14,36H,15-21H2,1H3;1H. The van der Waals surface area contributed by atoms with Crippen molar-refractivity contribution in [1.29, 1.82) is 0 Å². The van der Waals surface area contributed by atoms with Crippen LogP contribution in [0.15, 0.2) is 84.5 Å². The Bertz CT molecular complexity index is 1560. The fourth-order valence-corrected chi connectivity index (χ4v) is 6.07. The molecule has 1 fully saturated rings. The zero-order valence-corrected chi connectivity index (χ0v) is 24.0. The average Bonchev–Trinajstić information content (AvgIpc) is 3.29. The predicted octanol–water partition coefficient (Wildman–Crippen LogP) is 5.83. The molecule has 220 valence electrons. The second kappa shape index (κ2) is 11.5. The van der Waals surface area contributed by atoms with E-state index < -0.39 is 23.9 Å². The molecule has 3 heterocycles. The molecule has 2 aliphatic heterocycles. The first kappa shape index (κ1) is 29.7. The number of fused-ring (bicyclic) bond motifs is 2. The summed E-state index contributed by atoms with van der Waals surface area (Å²) < 4.78 is 45.8. The van der Waals surface area contributed by atoms with Crippen LogP contribution in [-0.2, 0) is 17.9 Å². The van der Waals surface area contributed by atoms with Crippen molar-refractivity contribution >= 4 is 35.5 Å². The molecule has 2 amide bonds. The van der Waals surface area contributed by atoms with E-state index in [0.717, 1.165) is 24.3 Å². The predicted molar refractivity (Wildman–Crippen MR) is 158 cm³/mol. The molecule has 6 nitrogen and oxygen atoms in total. The van der Waals surface area contributed by atoms with Crippen LogP contribution in [0.4, 0.5) is 18.9 Å². The quantitative estimate of drug-likeness (QED) is 0.414. The van der Waals surface area contributed by atoms with Crippen molar-refractivity contribution in [1.82, 2.24) is 14.8 Å². The van der Waals surface area contributed by atoms with E-state index in [1.165, 1.54) is 19.1 Å². The number of benzene rings is 2. The molecule has 1 N–H and O–H groups in total. The van der Waals surface area contributed by atoms with Gasteiger partial charge in [-0.1, -0.05) is 60.7 Å². The second-order valence-corrected chi connectivity index (χ2v) is 11.0. The number of hydrogen-bond acceptors (Lipinski definition) is 3. The number of nitrogens with zero attached hydrogens (tertiary/aromatic N) is 3. The van der Waals surface area contributed by atoms with Crippen molar-refractivity contribution in [3.8, 4) is 0 Å². The molecule has 0 saturated carbocycles. The van der Waals surface area contributed by atoms with E-state index in [0.29, 0.717) is 36.6 Å². The number of alkyl halides is 3. The summed E-state index contributed by atoms with van der Waals surface area (Å²) in [6.07, 6.45) is -2.07. The van der Waals surface area contributed by atoms with Crippen LogP contribution in [0.2, 0.25) is 0 Å². The first-order chi connectivity index (χ1) is 19.7. The number of rotatable bonds is 3. The number of nitrogens with one attached hydrogen (secondary N) is 1. The van der Waals surface area contributed by atoms with Crippen LogP contribution in [0.3, 0.4) is 0 Å². The topological polar surface area (TPSA) is 57.6 Å². The van der Waals surface area contributed by atoms with Crippen molar-refractivity contribution < 1.29 is 22.8 Å². The van der Waals surface area contributed by atoms with Gasteiger partial charge in [0.1, 0.15) is 5.69 Å². The van der Waals surface area contributed by atoms with Gasteiger partial charge >= 0.3 is 6.18 Å². The minimum Gasteiger partial charge on any atom is -0.335 e. The van der Waals surface area contributed by atoms with E-state index in [2.05, 4.69) is 5.32 Å². The van der Waals surface area contributed by atoms with Crippen molar-refractivity contribution in [2.45, 2.75) is 32.6 Å². The Balaban J connectivity index is 0.00000353. The molecule has 42 heavy (non-hydrogen) atoms. The van der Waals surface area contributed by atoms with Crippen LogP contribution < -0.4 is 10.2 Å². The number of carbonyl (C=O) groups excluding carboxylic acids is 2. The zero-order chi connectivity index (χ0) is 28.8. The first-order valence-corrected chi connectivity index (χ1v) is 13.8. The maximum Gasteiger partial charge on any atom is 0.398 e. The van der Waals surface area contributed by atoms with E-state index in [1.807, 2.05) is 39.8 Å². The Morgan fingerprint density at radius 2 is 1.55 bits per heavy atom. The van der Waals surface area contributed by atoms with Gasteiger partial charge < -0.3 is 19.7 Å². The minimum atomic E-state index is -4.57. The molecule has 1 atom stereocenters. The molecule has 1 aliphatic carbocycles. The molecule has 3 aromatic rings. The molecule has 0 bridgehead atoms. The van der Waals surface area contributed by atoms with Gasteiger partial charge in [0.2, 0.25) is 0 Å². The van der Waals surface area contributed by atoms with Crippen molar-refractivity contribution in [3.05, 3.63) is 107 Å². The maximum absolute atomic E-state index is 14.6. The fraction of sp³-hybridized carbons (Fsp3) is 0.312. The highest BCUT2D eigenvalue weighted by molar-refractivity contribution is 6.07. The summed E-state index contributed by atoms with van der Waals surface area (Å²) in [5.74, 6) is -0.537. The minimum absolute atomic E-state index is 0. The van der Waals surface area contributed by atoms with Gasteiger partial charge in [-0.15, -0.1) is 12.4 Å². The Kier molecular flexibility index (Phi) is 8.09. The number of hydrogen-bond donors (Lipinski definition) is 1. The third-order valence-corrected chi connectivity index (χ3v) is 8.45. The lowest BCUT2D eigenvalue weighted by atomic mass is 9.70. The number of allylic oxidation sites excluding steroid dienone is 3. The van der Waals surface area contributed by atoms with E-state index in [-0.39, 0.29) is 36.0 Å². The van der Waals surface area contributed by atoms with Gasteiger partial charge in [-0.05, 0) is 48.2 Å². The summed E-state index contributed by atoms with van der Waals surface area (Å²) in [6, 6.07) is 19.5. The number of anilines is 1. The van der Waals surface area contributed by atoms with E-state index in [1.54, 1.807) is 41.3 Å². The number of carbonyl (C=O) groups is 2. The van der Waals surface area contributed by atoms with Crippen molar-refractivity contribution in [2.24, 2.45) is 5.41 Å². The van der Waals surface area contributed by atoms with Gasteiger partial charge in [-0.25, -0.2) is 0 Å². The van der Waals surface area contributed by atoms with Gasteiger partial charge in [-0.3, -0.25) is 9.59 Å². The molecular formula is C32H32ClF3N4O2. The third kappa shape index (κ3) is 5.16. The third-order valence-electron chi connectivity index (χ3n) is 8.45. The van der Waals surface area contributed by atoms with Gasteiger partial charge in [0.25, 0.3) is 11.8 Å². The van der Waals surface area contributed by atoms with Crippen LogP contribution in [-0.4, -0.2) is 53.6 Å². The normalized spacial score (nSPS) is 20.4. The van der Waals surface area contributed by atoms with Crippen LogP contribution in [0.5, 0.6) is 0 Å². The van der Waals surface area contributed by atoms with Gasteiger partial charge in [0.15, 0.2) is 0 Å². The summed E-state index contributed by atoms with van der Waals surface area (Å²) >= 11 is 0. The van der Waals surface area contributed by atoms with Crippen molar-refractivity contribution in [3.63, 3.8) is 0 Å². The highest BCUT2D eigenvalue weighted by Crippen LogP contribution is 2.54. The molecule has 3 aliphatic rings. The van der Waals surface area contributed by atoms with Crippen molar-refractivity contribution in [2.75, 3.05) is 31.1 Å². The highest BCUT2D eigenvalue weighted by atomic mass is 35.5. The monoisotopic (exact) mass is 596 g/mol. The largest absolute Gasteiger partial charge is 0.398 e. The summed E-state index contributed by atoms with van der Waals surface area (Å²) in [7, 11) is 0. The van der Waals surface area contributed by atoms with Gasteiger partial charge in [0.05, 0.1) is 18.5 Å². The number of para-hydroxylation sites is 1. The fourth-order valence-electron chi connectivity index (χ4n) is 6.07. The van der Waals surface area contributed by atoms with Crippen LogP contribution >= 0.6 is 12.4 Å². The van der Waals surface area contributed by atoms with E-state index in [9.17, 15) is 22.8 Å². The highest BCUT2D eigenvalue weighted by Gasteiger charge is 2.55. The molecule has 1 saturated heterocycles. The molecule has 6 rings (SSSR count). The lowest BCUT2D eigenvalue weighted by Crippen LogP contribution is -2.46. The molecule has 1 unspecified atom stereocenters. The molecule has 1 aromatic heterocycles. The molecule has 0 spiro atoms. The first-order valence-electron chi connectivity index (χ1n) is 13.8. The van der Waals surface area contributed by atoms with Crippen LogP contribution in [0, 0.1) is 5.41 Å². The van der Waals surface area contributed by atoms with E-state index >= 15 is 0 Å². The SMILES string of the molecule is CC1(C(F)(F)F)CC(C(=O)N2Cc3ccc(C(=O)N4CCNCC4)n3Cc3ccccc32)=CC=C1c1ccccc1.Cl. The molecular weight excluding hydrogens is 565 g/mol. The van der Waals surface area contributed by atoms with Gasteiger partial charge in [0, 0.05) is 43.1 Å². The molecule has 2 aromatic carbocycles. The Morgan fingerprint density at radius 1 is 0.857 bits per heavy atom. The van der Waals surface area contributed by atoms with E-state index in [4.69, 9.17) is 0 Å². The lowest BCUT2D eigenvalue weighted by molar-refractivity contribution is -0.195. The summed E-state index contributed by atoms with van der Waals surface area (Å²) in [6.45, 7) is 4.39. The van der Waals surface area contributed by atoms with Crippen LogP contribution in [0.1, 0.15) is 40.7 Å². The Morgan fingerprint density at radius 3 is 2.26 bits per heavy atom. The number of piperazine rings is 1. The van der Waals surface area contributed by atoms with Gasteiger partial charge in [-0.2, -0.15) is 13.2 Å².